The summed E-state index contributed by atoms with van der Waals surface area (Å²) in [5.74, 6) is 1.75. The molecule has 37 heavy (non-hydrogen) atoms. The number of nitrogens with zero attached hydrogens (tertiary/aromatic N) is 2. The Morgan fingerprint density at radius 3 is 2.73 bits per heavy atom. The summed E-state index contributed by atoms with van der Waals surface area (Å²) in [7, 11) is 1.62. The van der Waals surface area contributed by atoms with Crippen molar-refractivity contribution in [3.63, 3.8) is 0 Å². The summed E-state index contributed by atoms with van der Waals surface area (Å²) in [6, 6.07) is 16.0. The molecule has 2 aromatic carbocycles. The second-order valence-corrected chi connectivity index (χ2v) is 10.8. The summed E-state index contributed by atoms with van der Waals surface area (Å²) in [5, 5.41) is 5.51. The number of halogens is 1. The Kier molecular flexibility index (Phi) is 7.86. The number of anilines is 1. The van der Waals surface area contributed by atoms with Gasteiger partial charge < -0.3 is 24.6 Å². The molecule has 3 aromatic rings. The molecule has 1 aliphatic carbocycles. The van der Waals surface area contributed by atoms with Crippen LogP contribution in [0.2, 0.25) is 5.02 Å². The first-order valence-electron chi connectivity index (χ1n) is 12.4. The van der Waals surface area contributed by atoms with Crippen LogP contribution in [-0.2, 0) is 11.2 Å². The van der Waals surface area contributed by atoms with Crippen LogP contribution in [0.25, 0.3) is 0 Å². The fourth-order valence-electron chi connectivity index (χ4n) is 4.59. The molecule has 194 valence electrons. The molecule has 1 N–H and O–H groups in total. The number of methoxy groups -OCH3 is 1. The molecule has 1 saturated carbocycles. The molecule has 0 bridgehead atoms. The zero-order valence-electron chi connectivity index (χ0n) is 20.7. The lowest BCUT2D eigenvalue weighted by Gasteiger charge is -2.37. The van der Waals surface area contributed by atoms with Crippen molar-refractivity contribution < 1.29 is 19.1 Å². The van der Waals surface area contributed by atoms with Gasteiger partial charge in [-0.15, -0.1) is 11.3 Å². The normalized spacial score (nSPS) is 16.6. The maximum Gasteiger partial charge on any atom is 0.322 e. The van der Waals surface area contributed by atoms with Gasteiger partial charge in [0.05, 0.1) is 13.2 Å². The quantitative estimate of drug-likeness (QED) is 0.370. The Morgan fingerprint density at radius 2 is 1.95 bits per heavy atom. The summed E-state index contributed by atoms with van der Waals surface area (Å²) in [6.07, 6.45) is 2.95. The zero-order valence-corrected chi connectivity index (χ0v) is 22.3. The van der Waals surface area contributed by atoms with Gasteiger partial charge in [0.1, 0.15) is 24.7 Å². The molecular weight excluding hydrogens is 510 g/mol. The number of nitrogens with one attached hydrogen (secondary N) is 1. The molecule has 1 atom stereocenters. The number of hydrogen-bond donors (Lipinski definition) is 1. The fraction of sp³-hybridized carbons (Fsp3) is 0.357. The van der Waals surface area contributed by atoms with E-state index in [2.05, 4.69) is 16.8 Å². The van der Waals surface area contributed by atoms with Crippen LogP contribution in [0.4, 0.5) is 10.5 Å². The average Bonchev–Trinajstić information content (AvgIpc) is 3.59. The van der Waals surface area contributed by atoms with Gasteiger partial charge in [-0.3, -0.25) is 4.79 Å². The third-order valence-electron chi connectivity index (χ3n) is 6.73. The summed E-state index contributed by atoms with van der Waals surface area (Å²) in [4.78, 5) is 31.6. The van der Waals surface area contributed by atoms with E-state index in [1.807, 2.05) is 29.2 Å². The molecule has 1 fully saturated rings. The first-order chi connectivity index (χ1) is 18.0. The topological polar surface area (TPSA) is 71.1 Å². The van der Waals surface area contributed by atoms with Gasteiger partial charge in [0, 0.05) is 34.7 Å². The van der Waals surface area contributed by atoms with Crippen LogP contribution in [0.5, 0.6) is 11.5 Å². The van der Waals surface area contributed by atoms with Gasteiger partial charge in [0.15, 0.2) is 0 Å². The van der Waals surface area contributed by atoms with Crippen LogP contribution in [0.15, 0.2) is 60.0 Å². The van der Waals surface area contributed by atoms with Crippen LogP contribution < -0.4 is 14.8 Å². The third-order valence-corrected chi connectivity index (χ3v) is 7.96. The van der Waals surface area contributed by atoms with Gasteiger partial charge in [-0.1, -0.05) is 23.7 Å². The van der Waals surface area contributed by atoms with Crippen molar-refractivity contribution in [3.8, 4) is 11.5 Å². The Hall–Kier alpha value is -3.23. The number of hydrogen-bond acceptors (Lipinski definition) is 5. The predicted molar refractivity (Wildman–Crippen MR) is 146 cm³/mol. The van der Waals surface area contributed by atoms with Crippen molar-refractivity contribution in [1.82, 2.24) is 9.80 Å². The lowest BCUT2D eigenvalue weighted by molar-refractivity contribution is -0.135. The summed E-state index contributed by atoms with van der Waals surface area (Å²) in [5.41, 5.74) is 1.72. The number of amides is 3. The van der Waals surface area contributed by atoms with Crippen molar-refractivity contribution in [2.24, 2.45) is 5.92 Å². The third kappa shape index (κ3) is 6.37. The molecule has 3 amide bonds. The molecule has 1 aliphatic heterocycles. The van der Waals surface area contributed by atoms with E-state index >= 15 is 0 Å². The number of carbonyl (C=O) groups excluding carboxylic acids is 2. The van der Waals surface area contributed by atoms with E-state index in [4.69, 9.17) is 21.1 Å². The van der Waals surface area contributed by atoms with Crippen molar-refractivity contribution in [2.75, 3.05) is 38.7 Å². The molecule has 1 aromatic heterocycles. The van der Waals surface area contributed by atoms with Crippen LogP contribution >= 0.6 is 22.9 Å². The minimum atomic E-state index is -0.292. The number of fused-ring (bicyclic) bond motifs is 1. The Morgan fingerprint density at radius 1 is 1.14 bits per heavy atom. The predicted octanol–water partition coefficient (Wildman–Crippen LogP) is 5.86. The number of thiophene rings is 1. The van der Waals surface area contributed by atoms with E-state index in [-0.39, 0.29) is 24.5 Å². The van der Waals surface area contributed by atoms with Crippen molar-refractivity contribution in [3.05, 3.63) is 75.4 Å². The molecule has 2 aliphatic rings. The highest BCUT2D eigenvalue weighted by Crippen LogP contribution is 2.35. The maximum atomic E-state index is 13.7. The highest BCUT2D eigenvalue weighted by molar-refractivity contribution is 7.10. The van der Waals surface area contributed by atoms with Crippen molar-refractivity contribution >= 4 is 40.6 Å². The van der Waals surface area contributed by atoms with Crippen molar-refractivity contribution in [1.29, 1.82) is 0 Å². The Labute approximate surface area is 225 Å². The van der Waals surface area contributed by atoms with E-state index in [9.17, 15) is 9.59 Å². The highest BCUT2D eigenvalue weighted by Gasteiger charge is 2.35. The standard InChI is InChI=1S/C28H30ClN3O4S/c1-35-22-6-3-7-23(15-22)36-18-25-24-11-13-37-26(24)10-12-32(25)27(33)17-31(16-19-8-9-19)28(34)30-21-5-2-4-20(29)14-21/h2-7,11,13-15,19,25H,8-10,12,16-18H2,1H3,(H,30,34)/t25-/m1/s1. The smallest absolute Gasteiger partial charge is 0.322 e. The number of carbonyl (C=O) groups is 2. The number of benzene rings is 2. The van der Waals surface area contributed by atoms with Crippen LogP contribution in [0, 0.1) is 5.92 Å². The Bertz CT molecular complexity index is 1260. The van der Waals surface area contributed by atoms with E-state index in [1.54, 1.807) is 47.6 Å². The molecule has 0 spiro atoms. The van der Waals surface area contributed by atoms with Gasteiger partial charge in [-0.05, 0) is 72.5 Å². The molecule has 5 rings (SSSR count). The summed E-state index contributed by atoms with van der Waals surface area (Å²) in [6.45, 7) is 1.48. The van der Waals surface area contributed by atoms with Gasteiger partial charge >= 0.3 is 6.03 Å². The van der Waals surface area contributed by atoms with E-state index in [1.165, 1.54) is 4.88 Å². The lowest BCUT2D eigenvalue weighted by Crippen LogP contribution is -2.49. The monoisotopic (exact) mass is 539 g/mol. The molecule has 0 unspecified atom stereocenters. The minimum Gasteiger partial charge on any atom is -0.497 e. The number of rotatable bonds is 9. The molecule has 7 nitrogen and oxygen atoms in total. The molecule has 0 saturated heterocycles. The van der Waals surface area contributed by atoms with Crippen LogP contribution in [0.1, 0.15) is 29.3 Å². The summed E-state index contributed by atoms with van der Waals surface area (Å²) < 4.78 is 11.4. The van der Waals surface area contributed by atoms with Crippen LogP contribution in [0.3, 0.4) is 0 Å². The van der Waals surface area contributed by atoms with Crippen molar-refractivity contribution in [2.45, 2.75) is 25.3 Å². The first-order valence-corrected chi connectivity index (χ1v) is 13.7. The molecule has 0 radical (unpaired) electrons. The Balaban J connectivity index is 1.30. The van der Waals surface area contributed by atoms with Gasteiger partial charge in [0.2, 0.25) is 5.91 Å². The zero-order chi connectivity index (χ0) is 25.8. The second kappa shape index (κ2) is 11.4. The van der Waals surface area contributed by atoms with E-state index in [0.29, 0.717) is 47.8 Å². The molecular formula is C28H30ClN3O4S. The SMILES string of the molecule is COc1cccc(OC[C@@H]2c3ccsc3CCN2C(=O)CN(CC2CC2)C(=O)Nc2cccc(Cl)c2)c1. The molecule has 9 heteroatoms. The number of urea groups is 1. The maximum absolute atomic E-state index is 13.7. The van der Waals surface area contributed by atoms with Gasteiger partial charge in [-0.25, -0.2) is 4.79 Å². The van der Waals surface area contributed by atoms with Gasteiger partial charge in [0.25, 0.3) is 0 Å². The van der Waals surface area contributed by atoms with E-state index < -0.39 is 0 Å². The summed E-state index contributed by atoms with van der Waals surface area (Å²) >= 11 is 7.79. The van der Waals surface area contributed by atoms with Gasteiger partial charge in [-0.2, -0.15) is 0 Å². The van der Waals surface area contributed by atoms with Crippen LogP contribution in [-0.4, -0.2) is 55.1 Å². The minimum absolute atomic E-state index is 0.0119. The highest BCUT2D eigenvalue weighted by atomic mass is 35.5. The molecule has 2 heterocycles. The number of ether oxygens (including phenoxy) is 2. The lowest BCUT2D eigenvalue weighted by atomic mass is 10.0. The van der Waals surface area contributed by atoms with E-state index in [0.717, 1.165) is 24.8 Å². The first kappa shape index (κ1) is 25.4. The fourth-order valence-corrected chi connectivity index (χ4v) is 5.71. The second-order valence-electron chi connectivity index (χ2n) is 9.41. The average molecular weight is 540 g/mol. The largest absolute Gasteiger partial charge is 0.497 e.